The molecule has 0 bridgehead atoms. The van der Waals surface area contributed by atoms with E-state index in [0.717, 1.165) is 12.0 Å². The van der Waals surface area contributed by atoms with Gasteiger partial charge in [0.05, 0.1) is 36.9 Å². The van der Waals surface area contributed by atoms with Crippen LogP contribution in [0.2, 0.25) is 0 Å². The number of ether oxygens (including phenoxy) is 1. The fourth-order valence-electron chi connectivity index (χ4n) is 5.56. The largest absolute Gasteiger partial charge is 0.507 e. The van der Waals surface area contributed by atoms with Gasteiger partial charge in [0.1, 0.15) is 29.3 Å². The highest BCUT2D eigenvalue weighted by molar-refractivity contribution is 5.36. The standard InChI is InChI=1S/C34H54O9/c1-7-8-9-10-11-21(2)14-23(4)16-24(19-35)15-22(3)12-13-28(39)34(5,6)29-18-26(37)30(33(41)43-29)32-31(40)27(38)17-25(20-36)42-32/h12-13,15-16,18,21,24-25,27-28,31-32,35-40H,7-11,14,17,19-20H2,1-6H3/b13-12+,22-15+,23-16-/t21-,24+,25-,27-,28+,31+,32-/m0/s1. The molecule has 1 fully saturated rings. The van der Waals surface area contributed by atoms with Gasteiger partial charge >= 0.3 is 5.63 Å². The third-order valence-corrected chi connectivity index (χ3v) is 8.33. The zero-order valence-electron chi connectivity index (χ0n) is 26.7. The molecular formula is C34H54O9. The van der Waals surface area contributed by atoms with Crippen LogP contribution in [-0.2, 0) is 10.2 Å². The summed E-state index contributed by atoms with van der Waals surface area (Å²) in [5.74, 6) is -0.0686. The predicted molar refractivity (Wildman–Crippen MR) is 167 cm³/mol. The van der Waals surface area contributed by atoms with Crippen LogP contribution in [0.25, 0.3) is 0 Å². The van der Waals surface area contributed by atoms with Crippen LogP contribution < -0.4 is 5.63 Å². The lowest BCUT2D eigenvalue weighted by Gasteiger charge is -2.36. The van der Waals surface area contributed by atoms with Crippen molar-refractivity contribution in [3.05, 3.63) is 63.3 Å². The number of unbranched alkanes of at least 4 members (excludes halogenated alkanes) is 3. The summed E-state index contributed by atoms with van der Waals surface area (Å²) in [6.07, 6.45) is 8.44. The van der Waals surface area contributed by atoms with E-state index < -0.39 is 53.9 Å². The van der Waals surface area contributed by atoms with Crippen LogP contribution in [0.3, 0.4) is 0 Å². The minimum atomic E-state index is -1.50. The quantitative estimate of drug-likeness (QED) is 0.0899. The molecule has 0 amide bonds. The van der Waals surface area contributed by atoms with Crippen molar-refractivity contribution in [2.45, 2.75) is 122 Å². The summed E-state index contributed by atoms with van der Waals surface area (Å²) < 4.78 is 11.0. The molecule has 9 heteroatoms. The monoisotopic (exact) mass is 606 g/mol. The molecule has 0 saturated carbocycles. The molecule has 1 aromatic heterocycles. The SMILES string of the molecule is CCCCCC[C@H](C)C/C(C)=C\[C@@H](/C=C(C)/C=C/[C@@H](O)C(C)(C)c1cc(O)c([C@@H]2O[C@H](CO)C[C@H](O)[C@H]2O)c(=O)o1)CO. The number of allylic oxidation sites excluding steroid dienone is 3. The van der Waals surface area contributed by atoms with Crippen molar-refractivity contribution in [1.29, 1.82) is 0 Å². The highest BCUT2D eigenvalue weighted by Gasteiger charge is 2.41. The van der Waals surface area contributed by atoms with Gasteiger partial charge in [0.2, 0.25) is 0 Å². The van der Waals surface area contributed by atoms with Crippen molar-refractivity contribution in [2.75, 3.05) is 13.2 Å². The molecule has 1 saturated heterocycles. The number of aliphatic hydroxyl groups excluding tert-OH is 5. The zero-order valence-corrected chi connectivity index (χ0v) is 26.7. The number of aliphatic hydroxyl groups is 5. The first-order chi connectivity index (χ1) is 20.2. The number of hydrogen-bond acceptors (Lipinski definition) is 9. The highest BCUT2D eigenvalue weighted by atomic mass is 16.5. The average molecular weight is 607 g/mol. The molecule has 9 nitrogen and oxygen atoms in total. The van der Waals surface area contributed by atoms with Crippen LogP contribution in [-0.4, -0.2) is 68.3 Å². The van der Waals surface area contributed by atoms with Crippen molar-refractivity contribution in [3.8, 4) is 5.75 Å². The van der Waals surface area contributed by atoms with Crippen molar-refractivity contribution in [3.63, 3.8) is 0 Å². The van der Waals surface area contributed by atoms with Gasteiger partial charge in [0.15, 0.2) is 0 Å². The predicted octanol–water partition coefficient (Wildman–Crippen LogP) is 4.58. The van der Waals surface area contributed by atoms with Gasteiger partial charge in [0, 0.05) is 18.4 Å². The van der Waals surface area contributed by atoms with E-state index >= 15 is 0 Å². The summed E-state index contributed by atoms with van der Waals surface area (Å²) in [6, 6.07) is 1.20. The van der Waals surface area contributed by atoms with Crippen LogP contribution >= 0.6 is 0 Å². The second-order valence-electron chi connectivity index (χ2n) is 12.8. The first kappa shape index (κ1) is 36.9. The molecule has 7 atom stereocenters. The van der Waals surface area contributed by atoms with Crippen LogP contribution in [0.1, 0.15) is 104 Å². The van der Waals surface area contributed by atoms with Crippen molar-refractivity contribution < 1.29 is 39.8 Å². The van der Waals surface area contributed by atoms with E-state index in [1.807, 2.05) is 13.0 Å². The van der Waals surface area contributed by atoms with E-state index in [4.69, 9.17) is 9.15 Å². The maximum atomic E-state index is 12.9. The Hall–Kier alpha value is -2.27. The molecule has 0 aliphatic carbocycles. The van der Waals surface area contributed by atoms with Crippen molar-refractivity contribution in [1.82, 2.24) is 0 Å². The second kappa shape index (κ2) is 17.3. The minimum Gasteiger partial charge on any atom is -0.507 e. The number of rotatable bonds is 16. The molecule has 0 radical (unpaired) electrons. The topological polar surface area (TPSA) is 161 Å². The molecule has 1 aliphatic heterocycles. The Kier molecular flexibility index (Phi) is 14.8. The Morgan fingerprint density at radius 1 is 1.14 bits per heavy atom. The summed E-state index contributed by atoms with van der Waals surface area (Å²) in [5, 5.41) is 61.7. The third-order valence-electron chi connectivity index (χ3n) is 8.33. The van der Waals surface area contributed by atoms with E-state index in [-0.39, 0.29) is 30.3 Å². The Balaban J connectivity index is 2.14. The van der Waals surface area contributed by atoms with Crippen molar-refractivity contribution >= 4 is 0 Å². The Morgan fingerprint density at radius 2 is 1.84 bits per heavy atom. The lowest BCUT2D eigenvalue weighted by atomic mass is 9.82. The highest BCUT2D eigenvalue weighted by Crippen LogP contribution is 2.37. The number of hydrogen-bond donors (Lipinski definition) is 6. The Labute approximate surface area is 256 Å². The smallest absolute Gasteiger partial charge is 0.345 e. The first-order valence-corrected chi connectivity index (χ1v) is 15.6. The molecule has 0 unspecified atom stereocenters. The average Bonchev–Trinajstić information content (AvgIpc) is 2.95. The fourth-order valence-corrected chi connectivity index (χ4v) is 5.56. The van der Waals surface area contributed by atoms with Gasteiger partial charge < -0.3 is 39.8 Å². The molecule has 0 spiro atoms. The van der Waals surface area contributed by atoms with Crippen LogP contribution in [0.15, 0.2) is 50.7 Å². The normalized spacial score (nSPS) is 24.3. The van der Waals surface area contributed by atoms with Gasteiger partial charge in [-0.3, -0.25) is 0 Å². The fraction of sp³-hybridized carbons (Fsp3) is 0.676. The van der Waals surface area contributed by atoms with E-state index in [9.17, 15) is 35.4 Å². The summed E-state index contributed by atoms with van der Waals surface area (Å²) in [6.45, 7) is 11.3. The number of aromatic hydroxyl groups is 1. The summed E-state index contributed by atoms with van der Waals surface area (Å²) in [5.41, 5.74) is -0.399. The van der Waals surface area contributed by atoms with Gasteiger partial charge in [0.25, 0.3) is 0 Å². The van der Waals surface area contributed by atoms with E-state index in [0.29, 0.717) is 5.92 Å². The molecule has 6 N–H and O–H groups in total. The van der Waals surface area contributed by atoms with Crippen LogP contribution in [0, 0.1) is 11.8 Å². The molecule has 0 aromatic carbocycles. The summed E-state index contributed by atoms with van der Waals surface area (Å²) >= 11 is 0. The van der Waals surface area contributed by atoms with Gasteiger partial charge in [-0.25, -0.2) is 4.79 Å². The lowest BCUT2D eigenvalue weighted by Crippen LogP contribution is -2.46. The third kappa shape index (κ3) is 10.7. The lowest BCUT2D eigenvalue weighted by molar-refractivity contribution is -0.180. The maximum absolute atomic E-state index is 12.9. The maximum Gasteiger partial charge on any atom is 0.345 e. The molecule has 1 aliphatic rings. The summed E-state index contributed by atoms with van der Waals surface area (Å²) in [7, 11) is 0. The minimum absolute atomic E-state index is 0.0118. The van der Waals surface area contributed by atoms with Gasteiger partial charge in [-0.2, -0.15) is 0 Å². The molecule has 244 valence electrons. The van der Waals surface area contributed by atoms with Crippen molar-refractivity contribution in [2.24, 2.45) is 11.8 Å². The van der Waals surface area contributed by atoms with Gasteiger partial charge in [-0.15, -0.1) is 0 Å². The zero-order chi connectivity index (χ0) is 32.3. The van der Waals surface area contributed by atoms with E-state index in [2.05, 4.69) is 26.8 Å². The second-order valence-corrected chi connectivity index (χ2v) is 12.8. The van der Waals surface area contributed by atoms with Crippen LogP contribution in [0.4, 0.5) is 0 Å². The van der Waals surface area contributed by atoms with Gasteiger partial charge in [-0.05, 0) is 40.0 Å². The first-order valence-electron chi connectivity index (χ1n) is 15.6. The van der Waals surface area contributed by atoms with E-state index in [1.54, 1.807) is 26.0 Å². The van der Waals surface area contributed by atoms with Gasteiger partial charge in [-0.1, -0.05) is 81.4 Å². The summed E-state index contributed by atoms with van der Waals surface area (Å²) in [4.78, 5) is 12.9. The molecule has 43 heavy (non-hydrogen) atoms. The molecule has 1 aromatic rings. The van der Waals surface area contributed by atoms with Crippen LogP contribution in [0.5, 0.6) is 5.75 Å². The Bertz CT molecular complexity index is 1150. The van der Waals surface area contributed by atoms with E-state index in [1.165, 1.54) is 43.7 Å². The molecule has 2 heterocycles. The Morgan fingerprint density at radius 3 is 2.44 bits per heavy atom. The molecule has 2 rings (SSSR count). The molecular weight excluding hydrogens is 552 g/mol.